The molecule has 0 aromatic carbocycles. The first kappa shape index (κ1) is 18.6. The summed E-state index contributed by atoms with van der Waals surface area (Å²) >= 11 is 1.39. The second kappa shape index (κ2) is 7.42. The van der Waals surface area contributed by atoms with Crippen LogP contribution in [0.25, 0.3) is 0 Å². The predicted octanol–water partition coefficient (Wildman–Crippen LogP) is 0.873. The van der Waals surface area contributed by atoms with Gasteiger partial charge in [0.05, 0.1) is 36.1 Å². The summed E-state index contributed by atoms with van der Waals surface area (Å²) in [6, 6.07) is 0. The number of ether oxygens (including phenoxy) is 1. The van der Waals surface area contributed by atoms with Crippen LogP contribution in [0, 0.1) is 5.92 Å². The van der Waals surface area contributed by atoms with Crippen LogP contribution in [-0.4, -0.2) is 57.2 Å². The molecule has 3 aliphatic rings. The van der Waals surface area contributed by atoms with Gasteiger partial charge in [0.1, 0.15) is 0 Å². The molecule has 2 bridgehead atoms. The Morgan fingerprint density at radius 3 is 3.03 bits per heavy atom. The van der Waals surface area contributed by atoms with Crippen molar-refractivity contribution in [1.82, 2.24) is 25.4 Å². The van der Waals surface area contributed by atoms with Gasteiger partial charge in [-0.2, -0.15) is 5.10 Å². The third-order valence-electron chi connectivity index (χ3n) is 6.12. The molecule has 2 saturated heterocycles. The summed E-state index contributed by atoms with van der Waals surface area (Å²) in [6.07, 6.45) is 4.51. The van der Waals surface area contributed by atoms with Crippen LogP contribution < -0.4 is 11.1 Å². The average Bonchev–Trinajstić information content (AvgIpc) is 3.50. The topological polar surface area (TPSA) is 126 Å². The van der Waals surface area contributed by atoms with E-state index < -0.39 is 0 Å². The van der Waals surface area contributed by atoms with Crippen molar-refractivity contribution in [2.24, 2.45) is 5.92 Å². The first-order chi connectivity index (χ1) is 14.1. The van der Waals surface area contributed by atoms with E-state index in [1.165, 1.54) is 11.3 Å². The van der Waals surface area contributed by atoms with Crippen molar-refractivity contribution in [3.63, 3.8) is 0 Å². The van der Waals surface area contributed by atoms with E-state index in [0.29, 0.717) is 43.3 Å². The molecule has 3 aliphatic heterocycles. The molecule has 0 unspecified atom stereocenters. The summed E-state index contributed by atoms with van der Waals surface area (Å²) in [5.74, 6) is -0.0429. The van der Waals surface area contributed by atoms with E-state index in [0.717, 1.165) is 36.2 Å². The fourth-order valence-electron chi connectivity index (χ4n) is 4.65. The maximum atomic E-state index is 12.9. The number of aromatic nitrogens is 3. The van der Waals surface area contributed by atoms with Gasteiger partial charge in [0.15, 0.2) is 10.8 Å². The maximum absolute atomic E-state index is 12.9. The van der Waals surface area contributed by atoms with Crippen LogP contribution >= 0.6 is 11.3 Å². The molecule has 2 amide bonds. The third-order valence-corrected chi connectivity index (χ3v) is 6.84. The van der Waals surface area contributed by atoms with Gasteiger partial charge in [-0.15, -0.1) is 11.3 Å². The predicted molar refractivity (Wildman–Crippen MR) is 106 cm³/mol. The molecule has 5 heterocycles. The molecular weight excluding hydrogens is 392 g/mol. The van der Waals surface area contributed by atoms with Crippen LogP contribution in [0.4, 0.5) is 5.13 Å². The number of H-pyrrole nitrogens is 1. The second-order valence-corrected chi connectivity index (χ2v) is 8.83. The van der Waals surface area contributed by atoms with Crippen molar-refractivity contribution in [2.45, 2.75) is 50.9 Å². The molecule has 0 spiro atoms. The van der Waals surface area contributed by atoms with E-state index in [9.17, 15) is 9.59 Å². The number of nitrogens with one attached hydrogen (secondary N) is 2. The van der Waals surface area contributed by atoms with E-state index >= 15 is 0 Å². The lowest BCUT2D eigenvalue weighted by Gasteiger charge is -2.31. The number of fused-ring (bicyclic) bond motifs is 3. The van der Waals surface area contributed by atoms with Crippen molar-refractivity contribution in [1.29, 1.82) is 0 Å². The Balaban J connectivity index is 1.19. The number of nitrogen functional groups attached to an aromatic ring is 1. The molecule has 9 nitrogen and oxygen atoms in total. The van der Waals surface area contributed by atoms with Gasteiger partial charge < -0.3 is 20.7 Å². The first-order valence-electron chi connectivity index (χ1n) is 10.1. The first-order valence-corrected chi connectivity index (χ1v) is 10.9. The average molecular weight is 417 g/mol. The Bertz CT molecular complexity index is 940. The van der Waals surface area contributed by atoms with Crippen LogP contribution in [-0.2, 0) is 28.9 Å². The van der Waals surface area contributed by atoms with E-state index in [-0.39, 0.29) is 29.9 Å². The minimum absolute atomic E-state index is 0.0132. The number of aromatic amines is 1. The molecule has 10 heteroatoms. The van der Waals surface area contributed by atoms with Crippen molar-refractivity contribution in [2.75, 3.05) is 18.8 Å². The molecule has 0 saturated carbocycles. The zero-order chi connectivity index (χ0) is 20.0. The SMILES string of the molecule is Nc1nc(CCNC(=O)c2n[nH]c3c2CCN(C(=O)[C@@H]2C[C@@H]4CC[C@H]2O4)C3)cs1. The molecule has 2 fully saturated rings. The fourth-order valence-corrected chi connectivity index (χ4v) is 5.25. The number of nitrogens with zero attached hydrogens (tertiary/aromatic N) is 3. The van der Waals surface area contributed by atoms with Crippen LogP contribution in [0.1, 0.15) is 46.7 Å². The Hall–Kier alpha value is -2.46. The Morgan fingerprint density at radius 2 is 2.31 bits per heavy atom. The lowest BCUT2D eigenvalue weighted by molar-refractivity contribution is -0.138. The number of hydrogen-bond donors (Lipinski definition) is 3. The molecule has 5 rings (SSSR count). The second-order valence-electron chi connectivity index (χ2n) is 7.94. The van der Waals surface area contributed by atoms with E-state index in [2.05, 4.69) is 20.5 Å². The Morgan fingerprint density at radius 1 is 1.41 bits per heavy atom. The Labute approximate surface area is 172 Å². The summed E-state index contributed by atoms with van der Waals surface area (Å²) in [5.41, 5.74) is 8.68. The maximum Gasteiger partial charge on any atom is 0.272 e. The summed E-state index contributed by atoms with van der Waals surface area (Å²) in [5, 5.41) is 12.5. The largest absolute Gasteiger partial charge is 0.375 e. The number of rotatable bonds is 5. The molecule has 2 aromatic heterocycles. The Kier molecular flexibility index (Phi) is 4.75. The molecule has 154 valence electrons. The summed E-state index contributed by atoms with van der Waals surface area (Å²) in [7, 11) is 0. The highest BCUT2D eigenvalue weighted by atomic mass is 32.1. The summed E-state index contributed by atoms with van der Waals surface area (Å²) in [4.78, 5) is 31.6. The number of anilines is 1. The number of thiazole rings is 1. The zero-order valence-electron chi connectivity index (χ0n) is 16.0. The van der Waals surface area contributed by atoms with E-state index in [4.69, 9.17) is 10.5 Å². The highest BCUT2D eigenvalue weighted by molar-refractivity contribution is 7.13. The third kappa shape index (κ3) is 3.51. The quantitative estimate of drug-likeness (QED) is 0.664. The summed E-state index contributed by atoms with van der Waals surface area (Å²) in [6.45, 7) is 1.55. The van der Waals surface area contributed by atoms with Gasteiger partial charge in [0.2, 0.25) is 5.91 Å². The number of amides is 2. The normalized spacial score (nSPS) is 25.2. The van der Waals surface area contributed by atoms with Crippen LogP contribution in [0.5, 0.6) is 0 Å². The molecule has 29 heavy (non-hydrogen) atoms. The number of hydrogen-bond acceptors (Lipinski definition) is 7. The minimum Gasteiger partial charge on any atom is -0.375 e. The fraction of sp³-hybridized carbons (Fsp3) is 0.579. The number of nitrogens with two attached hydrogens (primary N) is 1. The van der Waals surface area contributed by atoms with Crippen LogP contribution in [0.3, 0.4) is 0 Å². The van der Waals surface area contributed by atoms with Crippen LogP contribution in [0.2, 0.25) is 0 Å². The van der Waals surface area contributed by atoms with Crippen molar-refractivity contribution in [3.05, 3.63) is 28.0 Å². The van der Waals surface area contributed by atoms with Gasteiger partial charge in [0.25, 0.3) is 5.91 Å². The van der Waals surface area contributed by atoms with Gasteiger partial charge in [0, 0.05) is 30.5 Å². The van der Waals surface area contributed by atoms with Gasteiger partial charge in [-0.25, -0.2) is 4.98 Å². The van der Waals surface area contributed by atoms with Crippen molar-refractivity contribution >= 4 is 28.3 Å². The van der Waals surface area contributed by atoms with E-state index in [1.807, 2.05) is 10.3 Å². The smallest absolute Gasteiger partial charge is 0.272 e. The molecule has 4 N–H and O–H groups in total. The van der Waals surface area contributed by atoms with Gasteiger partial charge in [-0.3, -0.25) is 14.7 Å². The summed E-state index contributed by atoms with van der Waals surface area (Å²) < 4.78 is 5.84. The number of carbonyl (C=O) groups is 2. The lowest BCUT2D eigenvalue weighted by atomic mass is 9.87. The van der Waals surface area contributed by atoms with Crippen molar-refractivity contribution < 1.29 is 14.3 Å². The monoisotopic (exact) mass is 416 g/mol. The molecular formula is C19H24N6O3S. The zero-order valence-corrected chi connectivity index (χ0v) is 16.8. The highest BCUT2D eigenvalue weighted by Gasteiger charge is 2.46. The molecule has 3 atom stereocenters. The standard InChI is InChI=1S/C19H24N6O3S/c20-19-22-10(9-29-19)3-5-21-17(26)16-12-4-6-25(8-14(12)23-24-16)18(27)13-7-11-1-2-15(13)28-11/h9,11,13,15H,1-8H2,(H2,20,22)(H,21,26)(H,23,24)/t11-,13+,15+/m0/s1. The van der Waals surface area contributed by atoms with Gasteiger partial charge >= 0.3 is 0 Å². The van der Waals surface area contributed by atoms with Crippen molar-refractivity contribution in [3.8, 4) is 0 Å². The van der Waals surface area contributed by atoms with Gasteiger partial charge in [-0.05, 0) is 25.7 Å². The highest BCUT2D eigenvalue weighted by Crippen LogP contribution is 2.40. The van der Waals surface area contributed by atoms with Crippen LogP contribution in [0.15, 0.2) is 5.38 Å². The molecule has 0 radical (unpaired) electrons. The van der Waals surface area contributed by atoms with E-state index in [1.54, 1.807) is 0 Å². The molecule has 2 aromatic rings. The number of carbonyl (C=O) groups excluding carboxylic acids is 2. The van der Waals surface area contributed by atoms with Gasteiger partial charge in [-0.1, -0.05) is 0 Å². The minimum atomic E-state index is -0.202. The molecule has 0 aliphatic carbocycles. The lowest BCUT2D eigenvalue weighted by Crippen LogP contribution is -2.42.